The molecule has 7 heteroatoms. The molecular weight excluding hydrogens is 287 g/mol. The Bertz CT molecular complexity index is 573. The van der Waals surface area contributed by atoms with Crippen molar-refractivity contribution in [1.82, 2.24) is 4.31 Å². The zero-order valence-corrected chi connectivity index (χ0v) is 12.5. The standard InChI is InChI=1S/C12H17FN2O2S2/c1-3-4-8-15(2)19(16,17)10-7-5-6-9(13)11(10)12(14)18/h5-7H,3-4,8H2,1-2H3,(H2,14,18). The molecule has 0 spiro atoms. The maximum Gasteiger partial charge on any atom is 0.243 e. The van der Waals surface area contributed by atoms with Crippen LogP contribution in [-0.4, -0.2) is 31.3 Å². The van der Waals surface area contributed by atoms with Gasteiger partial charge in [0.25, 0.3) is 0 Å². The fraction of sp³-hybridized carbons (Fsp3) is 0.417. The Kier molecular flexibility index (Phi) is 5.39. The van der Waals surface area contributed by atoms with Crippen molar-refractivity contribution in [2.24, 2.45) is 5.73 Å². The summed E-state index contributed by atoms with van der Waals surface area (Å²) in [6.45, 7) is 2.33. The van der Waals surface area contributed by atoms with Crippen molar-refractivity contribution in [2.45, 2.75) is 24.7 Å². The summed E-state index contributed by atoms with van der Waals surface area (Å²) in [5.41, 5.74) is 5.20. The number of halogens is 1. The quantitative estimate of drug-likeness (QED) is 0.815. The number of sulfonamides is 1. The first-order chi connectivity index (χ1) is 8.82. The largest absolute Gasteiger partial charge is 0.389 e. The molecule has 0 bridgehead atoms. The van der Waals surface area contributed by atoms with Gasteiger partial charge in [-0.3, -0.25) is 0 Å². The van der Waals surface area contributed by atoms with E-state index in [9.17, 15) is 12.8 Å². The SMILES string of the molecule is CCCCN(C)S(=O)(=O)c1cccc(F)c1C(N)=S. The van der Waals surface area contributed by atoms with Crippen LogP contribution >= 0.6 is 12.2 Å². The minimum atomic E-state index is -3.78. The summed E-state index contributed by atoms with van der Waals surface area (Å²) in [6, 6.07) is 3.78. The summed E-state index contributed by atoms with van der Waals surface area (Å²) in [6.07, 6.45) is 1.60. The van der Waals surface area contributed by atoms with Crippen LogP contribution in [0, 0.1) is 5.82 Å². The van der Waals surface area contributed by atoms with Crippen molar-refractivity contribution in [3.05, 3.63) is 29.6 Å². The van der Waals surface area contributed by atoms with E-state index in [0.717, 1.165) is 18.9 Å². The highest BCUT2D eigenvalue weighted by Gasteiger charge is 2.26. The van der Waals surface area contributed by atoms with Crippen molar-refractivity contribution in [3.63, 3.8) is 0 Å². The molecule has 0 aliphatic heterocycles. The molecule has 19 heavy (non-hydrogen) atoms. The third-order valence-electron chi connectivity index (χ3n) is 2.74. The lowest BCUT2D eigenvalue weighted by atomic mass is 10.2. The molecule has 0 heterocycles. The summed E-state index contributed by atoms with van der Waals surface area (Å²) in [5.74, 6) is -0.725. The Labute approximate surface area is 118 Å². The predicted octanol–water partition coefficient (Wildman–Crippen LogP) is 1.88. The van der Waals surface area contributed by atoms with E-state index in [-0.39, 0.29) is 15.4 Å². The van der Waals surface area contributed by atoms with Crippen molar-refractivity contribution in [1.29, 1.82) is 0 Å². The van der Waals surface area contributed by atoms with Gasteiger partial charge >= 0.3 is 0 Å². The van der Waals surface area contributed by atoms with Crippen molar-refractivity contribution >= 4 is 27.2 Å². The first kappa shape index (κ1) is 16.0. The van der Waals surface area contributed by atoms with Crippen LogP contribution in [0.15, 0.2) is 23.1 Å². The molecule has 0 aliphatic rings. The monoisotopic (exact) mass is 304 g/mol. The summed E-state index contributed by atoms with van der Waals surface area (Å²) in [7, 11) is -2.33. The molecule has 0 saturated heterocycles. The zero-order chi connectivity index (χ0) is 14.6. The predicted molar refractivity (Wildman–Crippen MR) is 77.0 cm³/mol. The maximum atomic E-state index is 13.7. The molecule has 2 N–H and O–H groups in total. The molecule has 0 aromatic heterocycles. The van der Waals surface area contributed by atoms with Gasteiger partial charge in [-0.15, -0.1) is 0 Å². The Balaban J connectivity index is 3.29. The van der Waals surface area contributed by atoms with Gasteiger partial charge in [-0.2, -0.15) is 0 Å². The molecule has 4 nitrogen and oxygen atoms in total. The summed E-state index contributed by atoms with van der Waals surface area (Å²) in [4.78, 5) is -0.445. The molecule has 0 saturated carbocycles. The number of rotatable bonds is 6. The van der Waals surface area contributed by atoms with Crippen LogP contribution in [0.1, 0.15) is 25.3 Å². The van der Waals surface area contributed by atoms with Crippen LogP contribution in [0.25, 0.3) is 0 Å². The van der Waals surface area contributed by atoms with Gasteiger partial charge in [-0.25, -0.2) is 17.1 Å². The van der Waals surface area contributed by atoms with Gasteiger partial charge in [-0.05, 0) is 18.6 Å². The highest BCUT2D eigenvalue weighted by molar-refractivity contribution is 7.89. The van der Waals surface area contributed by atoms with Gasteiger partial charge in [0, 0.05) is 13.6 Å². The summed E-state index contributed by atoms with van der Waals surface area (Å²) >= 11 is 4.73. The minimum Gasteiger partial charge on any atom is -0.389 e. The van der Waals surface area contributed by atoms with Gasteiger partial charge in [0.2, 0.25) is 10.0 Å². The maximum absolute atomic E-state index is 13.7. The van der Waals surface area contributed by atoms with Gasteiger partial charge in [0.15, 0.2) is 0 Å². The molecule has 0 amide bonds. The first-order valence-electron chi connectivity index (χ1n) is 5.87. The zero-order valence-electron chi connectivity index (χ0n) is 10.9. The first-order valence-corrected chi connectivity index (χ1v) is 7.71. The molecule has 0 fully saturated rings. The molecule has 1 aromatic carbocycles. The Morgan fingerprint density at radius 3 is 2.63 bits per heavy atom. The Morgan fingerprint density at radius 2 is 2.11 bits per heavy atom. The molecule has 0 atom stereocenters. The third kappa shape index (κ3) is 3.49. The van der Waals surface area contributed by atoms with E-state index < -0.39 is 15.8 Å². The van der Waals surface area contributed by atoms with Crippen LogP contribution < -0.4 is 5.73 Å². The Morgan fingerprint density at radius 1 is 1.47 bits per heavy atom. The molecular formula is C12H17FN2O2S2. The van der Waals surface area contributed by atoms with E-state index in [1.54, 1.807) is 0 Å². The number of nitrogens with two attached hydrogens (primary N) is 1. The number of hydrogen-bond donors (Lipinski definition) is 1. The van der Waals surface area contributed by atoms with Gasteiger partial charge < -0.3 is 5.73 Å². The molecule has 106 valence electrons. The van der Waals surface area contributed by atoms with Crippen LogP contribution in [0.4, 0.5) is 4.39 Å². The number of benzene rings is 1. The number of nitrogens with zero attached hydrogens (tertiary/aromatic N) is 1. The number of thiocarbonyl (C=S) groups is 1. The van der Waals surface area contributed by atoms with Crippen molar-refractivity contribution < 1.29 is 12.8 Å². The molecule has 1 aromatic rings. The number of hydrogen-bond acceptors (Lipinski definition) is 3. The minimum absolute atomic E-state index is 0.182. The fourth-order valence-corrected chi connectivity index (χ4v) is 3.32. The molecule has 0 unspecified atom stereocenters. The van der Waals surface area contributed by atoms with Crippen molar-refractivity contribution in [2.75, 3.05) is 13.6 Å². The third-order valence-corrected chi connectivity index (χ3v) is 4.84. The van der Waals surface area contributed by atoms with E-state index >= 15 is 0 Å². The summed E-state index contributed by atoms with van der Waals surface area (Å²) < 4.78 is 39.6. The second kappa shape index (κ2) is 6.40. The van der Waals surface area contributed by atoms with E-state index in [1.807, 2.05) is 6.92 Å². The van der Waals surface area contributed by atoms with E-state index in [0.29, 0.717) is 6.54 Å². The van der Waals surface area contributed by atoms with E-state index in [2.05, 4.69) is 0 Å². The van der Waals surface area contributed by atoms with E-state index in [1.165, 1.54) is 23.5 Å². The topological polar surface area (TPSA) is 63.4 Å². The fourth-order valence-electron chi connectivity index (χ4n) is 1.63. The lowest BCUT2D eigenvalue weighted by molar-refractivity contribution is 0.458. The van der Waals surface area contributed by atoms with Gasteiger partial charge in [0.1, 0.15) is 10.8 Å². The van der Waals surface area contributed by atoms with E-state index in [4.69, 9.17) is 18.0 Å². The lowest BCUT2D eigenvalue weighted by Gasteiger charge is -2.19. The van der Waals surface area contributed by atoms with Crippen LogP contribution in [0.2, 0.25) is 0 Å². The van der Waals surface area contributed by atoms with Gasteiger partial charge in [0.05, 0.1) is 10.5 Å². The average Bonchev–Trinajstić information content (AvgIpc) is 2.34. The second-order valence-electron chi connectivity index (χ2n) is 4.16. The van der Waals surface area contributed by atoms with Crippen LogP contribution in [0.3, 0.4) is 0 Å². The molecule has 0 aliphatic carbocycles. The van der Waals surface area contributed by atoms with Crippen LogP contribution in [0.5, 0.6) is 0 Å². The average molecular weight is 304 g/mol. The normalized spacial score (nSPS) is 11.8. The lowest BCUT2D eigenvalue weighted by Crippen LogP contribution is -2.30. The van der Waals surface area contributed by atoms with Crippen molar-refractivity contribution in [3.8, 4) is 0 Å². The highest BCUT2D eigenvalue weighted by atomic mass is 32.2. The Hall–Kier alpha value is -1.05. The molecule has 0 radical (unpaired) electrons. The highest BCUT2D eigenvalue weighted by Crippen LogP contribution is 2.22. The second-order valence-corrected chi connectivity index (χ2v) is 6.61. The van der Waals surface area contributed by atoms with Crippen LogP contribution in [-0.2, 0) is 10.0 Å². The summed E-state index contributed by atoms with van der Waals surface area (Å²) in [5, 5.41) is 0. The smallest absolute Gasteiger partial charge is 0.243 e. The van der Waals surface area contributed by atoms with Gasteiger partial charge in [-0.1, -0.05) is 31.6 Å². The number of unbranched alkanes of at least 4 members (excludes halogenated alkanes) is 1. The molecule has 1 rings (SSSR count).